The van der Waals surface area contributed by atoms with Crippen molar-refractivity contribution < 1.29 is 9.53 Å². The van der Waals surface area contributed by atoms with E-state index in [4.69, 9.17) is 4.74 Å². The highest BCUT2D eigenvalue weighted by Gasteiger charge is 2.26. The van der Waals surface area contributed by atoms with E-state index in [9.17, 15) is 9.59 Å². The predicted molar refractivity (Wildman–Crippen MR) is 87.2 cm³/mol. The summed E-state index contributed by atoms with van der Waals surface area (Å²) in [5.74, 6) is -0.182. The molecular weight excluding hydrogens is 294 g/mol. The summed E-state index contributed by atoms with van der Waals surface area (Å²) in [6.45, 7) is -0.0242. The fourth-order valence-electron chi connectivity index (χ4n) is 3.17. The first-order valence-corrected chi connectivity index (χ1v) is 7.95. The third-order valence-electron chi connectivity index (χ3n) is 4.40. The third-order valence-corrected chi connectivity index (χ3v) is 4.40. The number of methoxy groups -OCH3 is 1. The number of nitrogens with one attached hydrogen (secondary N) is 1. The van der Waals surface area contributed by atoms with Crippen LogP contribution in [0.3, 0.4) is 0 Å². The van der Waals surface area contributed by atoms with Gasteiger partial charge in [-0.2, -0.15) is 0 Å². The maximum atomic E-state index is 12.4. The number of amides is 1. The Hall–Kier alpha value is -2.21. The number of carbonyl (C=O) groups is 1. The molecule has 0 radical (unpaired) electrons. The highest BCUT2D eigenvalue weighted by molar-refractivity contribution is 5.79. The molecule has 1 aromatic carbocycles. The Morgan fingerprint density at radius 3 is 2.96 bits per heavy atom. The molecule has 1 heterocycles. The molecule has 1 N–H and O–H groups in total. The van der Waals surface area contributed by atoms with E-state index in [0.29, 0.717) is 10.9 Å². The average Bonchev–Trinajstić information content (AvgIpc) is 2.58. The number of ether oxygens (including phenoxy) is 1. The highest BCUT2D eigenvalue weighted by atomic mass is 16.5. The van der Waals surface area contributed by atoms with Gasteiger partial charge >= 0.3 is 0 Å². The lowest BCUT2D eigenvalue weighted by molar-refractivity contribution is -0.123. The van der Waals surface area contributed by atoms with Crippen LogP contribution in [0.25, 0.3) is 10.9 Å². The average molecular weight is 315 g/mol. The van der Waals surface area contributed by atoms with E-state index in [1.165, 1.54) is 10.9 Å². The Bertz CT molecular complexity index is 756. The first-order valence-electron chi connectivity index (χ1n) is 7.95. The standard InChI is InChI=1S/C17H21N3O3/c1-23-15-9-5-4-8-14(15)19-16(21)10-20-11-18-13-7-3-2-6-12(13)17(20)22/h2-3,6-7,11,14-15H,4-5,8-10H2,1H3,(H,19,21)/t14-,15-/m1/s1. The minimum absolute atomic E-state index is 0.0189. The van der Waals surface area contributed by atoms with Crippen molar-refractivity contribution in [2.75, 3.05) is 7.11 Å². The molecule has 1 fully saturated rings. The Kier molecular flexibility index (Phi) is 4.71. The van der Waals surface area contributed by atoms with Crippen molar-refractivity contribution in [3.8, 4) is 0 Å². The van der Waals surface area contributed by atoms with Gasteiger partial charge in [0.2, 0.25) is 5.91 Å². The zero-order chi connectivity index (χ0) is 16.2. The molecule has 3 rings (SSSR count). The molecule has 6 heteroatoms. The van der Waals surface area contributed by atoms with Crippen molar-refractivity contribution in [3.05, 3.63) is 40.9 Å². The molecule has 1 aliphatic carbocycles. The van der Waals surface area contributed by atoms with Gasteiger partial charge in [0.1, 0.15) is 6.54 Å². The quantitative estimate of drug-likeness (QED) is 0.927. The van der Waals surface area contributed by atoms with E-state index in [1.54, 1.807) is 25.3 Å². The topological polar surface area (TPSA) is 73.2 Å². The molecule has 0 spiro atoms. The summed E-state index contributed by atoms with van der Waals surface area (Å²) < 4.78 is 6.79. The number of benzene rings is 1. The van der Waals surface area contributed by atoms with Gasteiger partial charge < -0.3 is 10.1 Å². The van der Waals surface area contributed by atoms with Gasteiger partial charge in [-0.1, -0.05) is 25.0 Å². The second kappa shape index (κ2) is 6.91. The largest absolute Gasteiger partial charge is 0.379 e. The molecule has 1 saturated carbocycles. The van der Waals surface area contributed by atoms with E-state index in [-0.39, 0.29) is 30.2 Å². The van der Waals surface area contributed by atoms with E-state index in [0.717, 1.165) is 25.7 Å². The Morgan fingerprint density at radius 1 is 1.35 bits per heavy atom. The van der Waals surface area contributed by atoms with E-state index >= 15 is 0 Å². The normalized spacial score (nSPS) is 21.3. The van der Waals surface area contributed by atoms with Crippen molar-refractivity contribution in [2.24, 2.45) is 0 Å². The van der Waals surface area contributed by atoms with Gasteiger partial charge in [-0.3, -0.25) is 14.2 Å². The number of rotatable bonds is 4. The SMILES string of the molecule is CO[C@@H]1CCCC[C@H]1NC(=O)Cn1cnc2ccccc2c1=O. The van der Waals surface area contributed by atoms with Crippen LogP contribution in [0.2, 0.25) is 0 Å². The first kappa shape index (κ1) is 15.7. The molecule has 0 bridgehead atoms. The molecule has 1 aliphatic rings. The van der Waals surface area contributed by atoms with E-state index < -0.39 is 0 Å². The van der Waals surface area contributed by atoms with Crippen LogP contribution in [0.1, 0.15) is 25.7 Å². The minimum Gasteiger partial charge on any atom is -0.379 e. The van der Waals surface area contributed by atoms with Crippen LogP contribution in [-0.2, 0) is 16.1 Å². The van der Waals surface area contributed by atoms with Crippen LogP contribution < -0.4 is 10.9 Å². The molecule has 6 nitrogen and oxygen atoms in total. The summed E-state index contributed by atoms with van der Waals surface area (Å²) in [5.41, 5.74) is 0.443. The van der Waals surface area contributed by atoms with Crippen molar-refractivity contribution in [2.45, 2.75) is 44.4 Å². The number of para-hydroxylation sites is 1. The molecule has 0 saturated heterocycles. The Labute approximate surface area is 134 Å². The first-order chi connectivity index (χ1) is 11.2. The van der Waals surface area contributed by atoms with E-state index in [1.807, 2.05) is 6.07 Å². The molecule has 23 heavy (non-hydrogen) atoms. The molecule has 0 aliphatic heterocycles. The van der Waals surface area contributed by atoms with Crippen molar-refractivity contribution in [3.63, 3.8) is 0 Å². The Morgan fingerprint density at radius 2 is 2.13 bits per heavy atom. The summed E-state index contributed by atoms with van der Waals surface area (Å²) in [7, 11) is 1.67. The molecule has 1 amide bonds. The summed E-state index contributed by atoms with van der Waals surface area (Å²) in [4.78, 5) is 28.9. The molecule has 2 atom stereocenters. The van der Waals surface area contributed by atoms with Crippen LogP contribution in [-0.4, -0.2) is 34.7 Å². The van der Waals surface area contributed by atoms with E-state index in [2.05, 4.69) is 10.3 Å². The lowest BCUT2D eigenvalue weighted by Gasteiger charge is -2.31. The molecule has 1 aromatic heterocycles. The number of aromatic nitrogens is 2. The number of nitrogens with zero attached hydrogens (tertiary/aromatic N) is 2. The lowest BCUT2D eigenvalue weighted by atomic mass is 9.92. The van der Waals surface area contributed by atoms with Crippen molar-refractivity contribution in [1.82, 2.24) is 14.9 Å². The fraction of sp³-hybridized carbons (Fsp3) is 0.471. The third kappa shape index (κ3) is 3.42. The number of hydrogen-bond acceptors (Lipinski definition) is 4. The molecule has 0 unspecified atom stereocenters. The fourth-order valence-corrected chi connectivity index (χ4v) is 3.17. The summed E-state index contributed by atoms with van der Waals surface area (Å²) in [5, 5.41) is 3.52. The van der Waals surface area contributed by atoms with Crippen LogP contribution in [0, 0.1) is 0 Å². The van der Waals surface area contributed by atoms with Crippen molar-refractivity contribution >= 4 is 16.8 Å². The smallest absolute Gasteiger partial charge is 0.261 e. The zero-order valence-electron chi connectivity index (χ0n) is 13.2. The van der Waals surface area contributed by atoms with Crippen LogP contribution in [0.15, 0.2) is 35.4 Å². The van der Waals surface area contributed by atoms with Gasteiger partial charge in [0, 0.05) is 7.11 Å². The zero-order valence-corrected chi connectivity index (χ0v) is 13.2. The maximum absolute atomic E-state index is 12.4. The van der Waals surface area contributed by atoms with Crippen LogP contribution in [0.5, 0.6) is 0 Å². The van der Waals surface area contributed by atoms with Gasteiger partial charge in [0.05, 0.1) is 29.4 Å². The van der Waals surface area contributed by atoms with Crippen LogP contribution >= 0.6 is 0 Å². The number of fused-ring (bicyclic) bond motifs is 1. The maximum Gasteiger partial charge on any atom is 0.261 e. The monoisotopic (exact) mass is 315 g/mol. The lowest BCUT2D eigenvalue weighted by Crippen LogP contribution is -2.47. The van der Waals surface area contributed by atoms with Gasteiger partial charge in [0.15, 0.2) is 0 Å². The highest BCUT2D eigenvalue weighted by Crippen LogP contribution is 2.20. The summed E-state index contributed by atoms with van der Waals surface area (Å²) in [6, 6.07) is 7.15. The molecule has 2 aromatic rings. The van der Waals surface area contributed by atoms with Gasteiger partial charge in [0.25, 0.3) is 5.56 Å². The minimum atomic E-state index is -0.197. The van der Waals surface area contributed by atoms with Crippen molar-refractivity contribution in [1.29, 1.82) is 0 Å². The second-order valence-corrected chi connectivity index (χ2v) is 5.93. The van der Waals surface area contributed by atoms with Gasteiger partial charge in [-0.15, -0.1) is 0 Å². The predicted octanol–water partition coefficient (Wildman–Crippen LogP) is 1.47. The summed E-state index contributed by atoms with van der Waals surface area (Å²) in [6.07, 6.45) is 5.56. The Balaban J connectivity index is 1.73. The number of hydrogen-bond donors (Lipinski definition) is 1. The van der Waals surface area contributed by atoms with Gasteiger partial charge in [-0.25, -0.2) is 4.98 Å². The summed E-state index contributed by atoms with van der Waals surface area (Å²) >= 11 is 0. The second-order valence-electron chi connectivity index (χ2n) is 5.93. The number of carbonyl (C=O) groups excluding carboxylic acids is 1. The van der Waals surface area contributed by atoms with Gasteiger partial charge in [-0.05, 0) is 25.0 Å². The molecule has 122 valence electrons. The van der Waals surface area contributed by atoms with Crippen LogP contribution in [0.4, 0.5) is 0 Å². The molecular formula is C17H21N3O3.